The van der Waals surface area contributed by atoms with Crippen LogP contribution >= 0.6 is 36.6 Å². The van der Waals surface area contributed by atoms with Crippen molar-refractivity contribution < 1.29 is 0 Å². The molecule has 0 aromatic heterocycles. The van der Waals surface area contributed by atoms with Crippen LogP contribution in [0.1, 0.15) is 11.1 Å². The molecule has 2 nitrogen and oxygen atoms in total. The third-order valence-electron chi connectivity index (χ3n) is 2.99. The van der Waals surface area contributed by atoms with E-state index in [1.807, 2.05) is 18.8 Å². The van der Waals surface area contributed by atoms with Crippen molar-refractivity contribution in [2.24, 2.45) is 0 Å². The van der Waals surface area contributed by atoms with Crippen LogP contribution in [-0.2, 0) is 13.1 Å². The van der Waals surface area contributed by atoms with Gasteiger partial charge in [-0.2, -0.15) is 0 Å². The minimum atomic E-state index is 0. The molecule has 0 saturated heterocycles. The molecule has 0 aliphatic heterocycles. The summed E-state index contributed by atoms with van der Waals surface area (Å²) in [5, 5.41) is 3.22. The quantitative estimate of drug-likeness (QED) is 0.820. The van der Waals surface area contributed by atoms with Gasteiger partial charge in [-0.05, 0) is 50.5 Å². The van der Waals surface area contributed by atoms with Crippen molar-refractivity contribution >= 4 is 36.6 Å². The first-order valence-corrected chi connectivity index (χ1v) is 7.64. The summed E-state index contributed by atoms with van der Waals surface area (Å²) in [6.07, 6.45) is 0. The molecule has 0 amide bonds. The van der Waals surface area contributed by atoms with Crippen LogP contribution in [0.2, 0.25) is 0 Å². The number of halogens is 2. The summed E-state index contributed by atoms with van der Waals surface area (Å²) in [6.45, 7) is 1.89. The van der Waals surface area contributed by atoms with E-state index < -0.39 is 0 Å². The van der Waals surface area contributed by atoms with E-state index >= 15 is 0 Å². The number of rotatable bonds is 6. The van der Waals surface area contributed by atoms with E-state index in [-0.39, 0.29) is 24.8 Å². The Kier molecular flexibility index (Phi) is 10.6. The Balaban J connectivity index is 0.00000220. The average molecular weight is 359 g/mol. The monoisotopic (exact) mass is 358 g/mol. The van der Waals surface area contributed by atoms with Crippen LogP contribution in [0.5, 0.6) is 0 Å². The third kappa shape index (κ3) is 6.59. The van der Waals surface area contributed by atoms with Gasteiger partial charge in [0.1, 0.15) is 0 Å². The molecule has 0 radical (unpaired) electrons. The second kappa shape index (κ2) is 10.9. The smallest absolute Gasteiger partial charge is 0.0227 e. The Bertz CT molecular complexity index is 545. The van der Waals surface area contributed by atoms with E-state index in [1.165, 1.54) is 20.9 Å². The molecule has 1 N–H and O–H groups in total. The average Bonchev–Trinajstić information content (AvgIpc) is 2.43. The van der Waals surface area contributed by atoms with Crippen LogP contribution in [0.25, 0.3) is 0 Å². The Hall–Kier alpha value is -0.710. The zero-order valence-electron chi connectivity index (χ0n) is 13.2. The summed E-state index contributed by atoms with van der Waals surface area (Å²) in [6, 6.07) is 17.4. The summed E-state index contributed by atoms with van der Waals surface area (Å²) < 4.78 is 0. The maximum atomic E-state index is 3.22. The molecule has 0 atom stereocenters. The minimum Gasteiger partial charge on any atom is -0.316 e. The lowest BCUT2D eigenvalue weighted by Gasteiger charge is -2.11. The molecule has 0 heterocycles. The van der Waals surface area contributed by atoms with Gasteiger partial charge in [-0.3, -0.25) is 0 Å². The van der Waals surface area contributed by atoms with Gasteiger partial charge in [0.25, 0.3) is 0 Å². The molecular weight excluding hydrogens is 335 g/mol. The second-order valence-corrected chi connectivity index (χ2v) is 6.24. The fourth-order valence-electron chi connectivity index (χ4n) is 2.09. The van der Waals surface area contributed by atoms with Crippen LogP contribution in [0, 0.1) is 0 Å². The molecule has 2 aromatic rings. The molecule has 22 heavy (non-hydrogen) atoms. The summed E-state index contributed by atoms with van der Waals surface area (Å²) in [7, 11) is 6.17. The predicted molar refractivity (Wildman–Crippen MR) is 102 cm³/mol. The molecule has 0 bridgehead atoms. The molecular formula is C17H24Cl2N2S. The standard InChI is InChI=1S/C17H22N2S.2ClH/c1-18-12-15-6-4-5-7-17(15)20-16-10-8-14(9-11-16)13-19(2)3;;/h4-11,18H,12-13H2,1-3H3;2*1H. The minimum absolute atomic E-state index is 0. The maximum Gasteiger partial charge on any atom is 0.0227 e. The zero-order valence-corrected chi connectivity index (χ0v) is 15.7. The van der Waals surface area contributed by atoms with E-state index in [4.69, 9.17) is 0 Å². The van der Waals surface area contributed by atoms with Gasteiger partial charge in [0, 0.05) is 22.9 Å². The molecule has 0 aliphatic carbocycles. The number of nitrogens with one attached hydrogen (secondary N) is 1. The lowest BCUT2D eigenvalue weighted by Crippen LogP contribution is -2.10. The van der Waals surface area contributed by atoms with Gasteiger partial charge in [-0.1, -0.05) is 42.1 Å². The number of hydrogen-bond acceptors (Lipinski definition) is 3. The highest BCUT2D eigenvalue weighted by Gasteiger charge is 2.03. The van der Waals surface area contributed by atoms with Crippen LogP contribution in [0.3, 0.4) is 0 Å². The molecule has 0 unspecified atom stereocenters. The molecule has 0 spiro atoms. The summed E-state index contributed by atoms with van der Waals surface area (Å²) in [5.74, 6) is 0. The molecule has 2 aromatic carbocycles. The lowest BCUT2D eigenvalue weighted by atomic mass is 10.2. The van der Waals surface area contributed by atoms with Crippen molar-refractivity contribution in [3.63, 3.8) is 0 Å². The Morgan fingerprint density at radius 1 is 0.955 bits per heavy atom. The van der Waals surface area contributed by atoms with E-state index in [2.05, 4.69) is 72.8 Å². The second-order valence-electron chi connectivity index (χ2n) is 5.12. The van der Waals surface area contributed by atoms with Gasteiger partial charge in [0.05, 0.1) is 0 Å². The fraction of sp³-hybridized carbons (Fsp3) is 0.294. The number of nitrogens with zero attached hydrogens (tertiary/aromatic N) is 1. The summed E-state index contributed by atoms with van der Waals surface area (Å²) in [5.41, 5.74) is 2.69. The normalized spacial score (nSPS) is 10.0. The third-order valence-corrected chi connectivity index (χ3v) is 4.12. The Labute approximate surface area is 150 Å². The van der Waals surface area contributed by atoms with E-state index in [1.54, 1.807) is 0 Å². The molecule has 0 aliphatic rings. The highest BCUT2D eigenvalue weighted by Crippen LogP contribution is 2.30. The largest absolute Gasteiger partial charge is 0.316 e. The first-order valence-electron chi connectivity index (χ1n) is 6.83. The van der Waals surface area contributed by atoms with Gasteiger partial charge in [0.15, 0.2) is 0 Å². The first kappa shape index (κ1) is 21.3. The molecule has 122 valence electrons. The highest BCUT2D eigenvalue weighted by atomic mass is 35.5. The number of benzene rings is 2. The van der Waals surface area contributed by atoms with Gasteiger partial charge in [-0.25, -0.2) is 0 Å². The van der Waals surface area contributed by atoms with Crippen molar-refractivity contribution in [3.05, 3.63) is 59.7 Å². The molecule has 2 rings (SSSR count). The van der Waals surface area contributed by atoms with Crippen molar-refractivity contribution in [1.29, 1.82) is 0 Å². The van der Waals surface area contributed by atoms with Crippen molar-refractivity contribution in [2.75, 3.05) is 21.1 Å². The van der Waals surface area contributed by atoms with Crippen molar-refractivity contribution in [2.45, 2.75) is 22.9 Å². The zero-order chi connectivity index (χ0) is 14.4. The van der Waals surface area contributed by atoms with Crippen molar-refractivity contribution in [3.8, 4) is 0 Å². The van der Waals surface area contributed by atoms with Crippen LogP contribution in [-0.4, -0.2) is 26.0 Å². The van der Waals surface area contributed by atoms with E-state index in [0.717, 1.165) is 13.1 Å². The maximum absolute atomic E-state index is 3.22. The molecule has 5 heteroatoms. The Morgan fingerprint density at radius 3 is 2.18 bits per heavy atom. The van der Waals surface area contributed by atoms with Gasteiger partial charge in [-0.15, -0.1) is 24.8 Å². The molecule has 0 fully saturated rings. The predicted octanol–water partition coefficient (Wildman–Crippen LogP) is 4.46. The first-order chi connectivity index (χ1) is 9.69. The van der Waals surface area contributed by atoms with E-state index in [0.29, 0.717) is 0 Å². The van der Waals surface area contributed by atoms with Gasteiger partial charge < -0.3 is 10.2 Å². The van der Waals surface area contributed by atoms with Gasteiger partial charge >= 0.3 is 0 Å². The lowest BCUT2D eigenvalue weighted by molar-refractivity contribution is 0.402. The van der Waals surface area contributed by atoms with Crippen molar-refractivity contribution in [1.82, 2.24) is 10.2 Å². The molecule has 0 saturated carbocycles. The highest BCUT2D eigenvalue weighted by molar-refractivity contribution is 7.99. The topological polar surface area (TPSA) is 15.3 Å². The Morgan fingerprint density at radius 2 is 1.59 bits per heavy atom. The van der Waals surface area contributed by atoms with Crippen LogP contribution in [0.4, 0.5) is 0 Å². The SMILES string of the molecule is CNCc1ccccc1Sc1ccc(CN(C)C)cc1.Cl.Cl. The van der Waals surface area contributed by atoms with Crippen LogP contribution < -0.4 is 5.32 Å². The van der Waals surface area contributed by atoms with E-state index in [9.17, 15) is 0 Å². The number of hydrogen-bond donors (Lipinski definition) is 1. The summed E-state index contributed by atoms with van der Waals surface area (Å²) >= 11 is 1.83. The van der Waals surface area contributed by atoms with Crippen LogP contribution in [0.15, 0.2) is 58.3 Å². The summed E-state index contributed by atoms with van der Waals surface area (Å²) in [4.78, 5) is 4.79. The van der Waals surface area contributed by atoms with Gasteiger partial charge in [0.2, 0.25) is 0 Å². The fourth-order valence-corrected chi connectivity index (χ4v) is 3.04.